The standard InChI is InChI=1S/C33H64O4/c1-4-6-8-10-19-23-27-33(32(36)37,28-24-20-11-9-7-5-2)29-30(3)25-21-17-15-13-12-14-16-18-22-26-31(34)35/h30H,4-29H2,1-3H3,(H,34,35)(H,36,37). The number of rotatable bonds is 29. The quantitative estimate of drug-likeness (QED) is 0.0954. The van der Waals surface area contributed by atoms with Crippen LogP contribution in [-0.2, 0) is 9.59 Å². The van der Waals surface area contributed by atoms with Gasteiger partial charge in [-0.2, -0.15) is 0 Å². The lowest BCUT2D eigenvalue weighted by molar-refractivity contribution is -0.151. The minimum atomic E-state index is -0.681. The number of carboxylic acid groups (broad SMARTS) is 2. The Kier molecular flexibility index (Phi) is 24.5. The second-order valence-corrected chi connectivity index (χ2v) is 12.0. The van der Waals surface area contributed by atoms with Crippen molar-refractivity contribution in [2.24, 2.45) is 11.3 Å². The third-order valence-corrected chi connectivity index (χ3v) is 8.30. The number of carboxylic acids is 2. The second-order valence-electron chi connectivity index (χ2n) is 12.0. The molecule has 4 nitrogen and oxygen atoms in total. The SMILES string of the molecule is CCCCCCCCC(CCCCCCCC)(CC(C)CCCCCCCCCCCC(=O)O)C(=O)O. The van der Waals surface area contributed by atoms with E-state index in [0.717, 1.165) is 57.8 Å². The van der Waals surface area contributed by atoms with Gasteiger partial charge in [0.2, 0.25) is 0 Å². The number of hydrogen-bond acceptors (Lipinski definition) is 2. The Labute approximate surface area is 230 Å². The molecule has 0 saturated heterocycles. The summed E-state index contributed by atoms with van der Waals surface area (Å²) in [4.78, 5) is 23.2. The van der Waals surface area contributed by atoms with E-state index in [1.54, 1.807) is 0 Å². The molecular formula is C33H64O4. The first-order valence-corrected chi connectivity index (χ1v) is 16.3. The molecule has 0 aromatic carbocycles. The maximum atomic E-state index is 12.6. The molecule has 0 amide bonds. The third-order valence-electron chi connectivity index (χ3n) is 8.30. The average molecular weight is 525 g/mol. The van der Waals surface area contributed by atoms with Crippen LogP contribution < -0.4 is 0 Å². The largest absolute Gasteiger partial charge is 0.481 e. The average Bonchev–Trinajstić information content (AvgIpc) is 2.86. The number of unbranched alkanes of at least 4 members (excludes halogenated alkanes) is 18. The molecule has 0 spiro atoms. The van der Waals surface area contributed by atoms with Gasteiger partial charge in [-0.05, 0) is 31.6 Å². The molecule has 0 aliphatic heterocycles. The van der Waals surface area contributed by atoms with Gasteiger partial charge in [-0.25, -0.2) is 0 Å². The Hall–Kier alpha value is -1.06. The summed E-state index contributed by atoms with van der Waals surface area (Å²) in [5, 5.41) is 19.1. The Morgan fingerprint density at radius 2 is 0.946 bits per heavy atom. The van der Waals surface area contributed by atoms with Gasteiger partial charge in [-0.1, -0.05) is 156 Å². The van der Waals surface area contributed by atoms with Crippen molar-refractivity contribution < 1.29 is 19.8 Å². The van der Waals surface area contributed by atoms with E-state index in [9.17, 15) is 14.7 Å². The third kappa shape index (κ3) is 21.6. The van der Waals surface area contributed by atoms with E-state index >= 15 is 0 Å². The van der Waals surface area contributed by atoms with Gasteiger partial charge in [0.05, 0.1) is 5.41 Å². The molecule has 0 saturated carbocycles. The maximum absolute atomic E-state index is 12.6. The molecule has 220 valence electrons. The van der Waals surface area contributed by atoms with Gasteiger partial charge < -0.3 is 10.2 Å². The van der Waals surface area contributed by atoms with Crippen molar-refractivity contribution in [1.29, 1.82) is 0 Å². The van der Waals surface area contributed by atoms with Crippen molar-refractivity contribution in [3.63, 3.8) is 0 Å². The molecule has 0 radical (unpaired) electrons. The fraction of sp³-hybridized carbons (Fsp3) is 0.939. The van der Waals surface area contributed by atoms with Gasteiger partial charge in [0, 0.05) is 6.42 Å². The number of aliphatic carboxylic acids is 2. The normalized spacial score (nSPS) is 12.6. The fourth-order valence-corrected chi connectivity index (χ4v) is 5.89. The molecule has 0 rings (SSSR count). The molecule has 2 N–H and O–H groups in total. The molecule has 0 aliphatic rings. The predicted octanol–water partition coefficient (Wildman–Crippen LogP) is 11.0. The van der Waals surface area contributed by atoms with Crippen molar-refractivity contribution >= 4 is 11.9 Å². The minimum absolute atomic E-state index is 0.305. The zero-order chi connectivity index (χ0) is 27.6. The Morgan fingerprint density at radius 1 is 0.568 bits per heavy atom. The molecule has 37 heavy (non-hydrogen) atoms. The first kappa shape index (κ1) is 35.9. The molecule has 1 atom stereocenters. The highest BCUT2D eigenvalue weighted by Crippen LogP contribution is 2.40. The van der Waals surface area contributed by atoms with Crippen molar-refractivity contribution in [1.82, 2.24) is 0 Å². The molecule has 0 aromatic rings. The smallest absolute Gasteiger partial charge is 0.309 e. The maximum Gasteiger partial charge on any atom is 0.309 e. The van der Waals surface area contributed by atoms with Crippen LogP contribution in [0.15, 0.2) is 0 Å². The molecular weight excluding hydrogens is 460 g/mol. The van der Waals surface area contributed by atoms with E-state index in [2.05, 4.69) is 20.8 Å². The second kappa shape index (κ2) is 25.2. The van der Waals surface area contributed by atoms with Crippen molar-refractivity contribution in [2.45, 2.75) is 188 Å². The van der Waals surface area contributed by atoms with Gasteiger partial charge >= 0.3 is 11.9 Å². The van der Waals surface area contributed by atoms with Gasteiger partial charge in [0.1, 0.15) is 0 Å². The number of hydrogen-bond donors (Lipinski definition) is 2. The summed E-state index contributed by atoms with van der Waals surface area (Å²) < 4.78 is 0. The lowest BCUT2D eigenvalue weighted by Gasteiger charge is -2.32. The van der Waals surface area contributed by atoms with E-state index in [4.69, 9.17) is 5.11 Å². The van der Waals surface area contributed by atoms with Gasteiger partial charge in [0.25, 0.3) is 0 Å². The first-order valence-electron chi connectivity index (χ1n) is 16.3. The van der Waals surface area contributed by atoms with E-state index in [1.165, 1.54) is 103 Å². The molecule has 0 heterocycles. The van der Waals surface area contributed by atoms with Crippen LogP contribution in [0.4, 0.5) is 0 Å². The van der Waals surface area contributed by atoms with Crippen LogP contribution in [-0.4, -0.2) is 22.2 Å². The summed E-state index contributed by atoms with van der Waals surface area (Å²) in [6.45, 7) is 6.77. The van der Waals surface area contributed by atoms with Crippen LogP contribution in [0.2, 0.25) is 0 Å². The molecule has 0 aliphatic carbocycles. The topological polar surface area (TPSA) is 74.6 Å². The van der Waals surface area contributed by atoms with Crippen LogP contribution >= 0.6 is 0 Å². The zero-order valence-electron chi connectivity index (χ0n) is 25.2. The molecule has 1 unspecified atom stereocenters. The summed E-state index contributed by atoms with van der Waals surface area (Å²) in [7, 11) is 0. The summed E-state index contributed by atoms with van der Waals surface area (Å²) in [5.74, 6) is -0.741. The zero-order valence-corrected chi connectivity index (χ0v) is 25.2. The van der Waals surface area contributed by atoms with Crippen LogP contribution in [0.3, 0.4) is 0 Å². The van der Waals surface area contributed by atoms with Crippen molar-refractivity contribution in [3.8, 4) is 0 Å². The van der Waals surface area contributed by atoms with Crippen LogP contribution in [0.5, 0.6) is 0 Å². The Bertz CT molecular complexity index is 514. The Morgan fingerprint density at radius 3 is 1.35 bits per heavy atom. The van der Waals surface area contributed by atoms with E-state index in [1.807, 2.05) is 0 Å². The van der Waals surface area contributed by atoms with Gasteiger partial charge in [-0.15, -0.1) is 0 Å². The van der Waals surface area contributed by atoms with Crippen LogP contribution in [0.1, 0.15) is 188 Å². The molecule has 0 bridgehead atoms. The van der Waals surface area contributed by atoms with E-state index in [0.29, 0.717) is 12.3 Å². The van der Waals surface area contributed by atoms with E-state index in [-0.39, 0.29) is 0 Å². The van der Waals surface area contributed by atoms with Crippen molar-refractivity contribution in [3.05, 3.63) is 0 Å². The molecule has 0 fully saturated rings. The lowest BCUT2D eigenvalue weighted by atomic mass is 9.71. The Balaban J connectivity index is 4.40. The van der Waals surface area contributed by atoms with Gasteiger partial charge in [-0.3, -0.25) is 9.59 Å². The summed E-state index contributed by atoms with van der Waals surface area (Å²) in [6.07, 6.45) is 29.1. The lowest BCUT2D eigenvalue weighted by Crippen LogP contribution is -2.33. The van der Waals surface area contributed by atoms with E-state index < -0.39 is 17.4 Å². The van der Waals surface area contributed by atoms with Crippen molar-refractivity contribution in [2.75, 3.05) is 0 Å². The van der Waals surface area contributed by atoms with Gasteiger partial charge in [0.15, 0.2) is 0 Å². The highest BCUT2D eigenvalue weighted by Gasteiger charge is 2.38. The molecule has 4 heteroatoms. The summed E-state index contributed by atoms with van der Waals surface area (Å²) in [5.41, 5.74) is -0.518. The summed E-state index contributed by atoms with van der Waals surface area (Å²) >= 11 is 0. The minimum Gasteiger partial charge on any atom is -0.481 e. The van der Waals surface area contributed by atoms with Crippen LogP contribution in [0.25, 0.3) is 0 Å². The highest BCUT2D eigenvalue weighted by atomic mass is 16.4. The van der Waals surface area contributed by atoms with Crippen LogP contribution in [0, 0.1) is 11.3 Å². The monoisotopic (exact) mass is 524 g/mol. The first-order chi connectivity index (χ1) is 17.9. The number of carbonyl (C=O) groups is 2. The predicted molar refractivity (Wildman–Crippen MR) is 158 cm³/mol. The summed E-state index contributed by atoms with van der Waals surface area (Å²) in [6, 6.07) is 0. The fourth-order valence-electron chi connectivity index (χ4n) is 5.89. The highest BCUT2D eigenvalue weighted by molar-refractivity contribution is 5.74. The molecule has 0 aromatic heterocycles.